The molecule has 20 heavy (non-hydrogen) atoms. The van der Waals surface area contributed by atoms with Crippen molar-refractivity contribution in [1.29, 1.82) is 0 Å². The smallest absolute Gasteiger partial charge is 0.358 e. The standard InChI is InChI=1S/C11H11.C6H7.2CH3.Zr/c1-8-3-6-11-9(2)4-5-10(11)7-8;1-6-4-2-3-5-6;;;/h3,5-7,9H,1-2H3;2-5H,1H3;2*1H3;/q4*-1;+4. The van der Waals surface area contributed by atoms with Gasteiger partial charge in [0.15, 0.2) is 0 Å². The summed E-state index contributed by atoms with van der Waals surface area (Å²) in [5.41, 5.74) is 5.43. The molecular formula is C19H24Zr. The monoisotopic (exact) mass is 342 g/mol. The largest absolute Gasteiger partial charge is 4.00 e. The third-order valence-corrected chi connectivity index (χ3v) is 3.03. The van der Waals surface area contributed by atoms with Gasteiger partial charge in [-0.25, -0.2) is 18.2 Å². The first-order chi connectivity index (χ1) is 8.16. The van der Waals surface area contributed by atoms with Crippen molar-refractivity contribution in [3.8, 4) is 0 Å². The normalized spacial score (nSPS) is 13.8. The van der Waals surface area contributed by atoms with Gasteiger partial charge in [-0.3, -0.25) is 6.08 Å². The van der Waals surface area contributed by atoms with Gasteiger partial charge in [-0.05, 0) is 6.92 Å². The van der Waals surface area contributed by atoms with Gasteiger partial charge in [0.25, 0.3) is 0 Å². The van der Waals surface area contributed by atoms with Crippen LogP contribution in [-0.2, 0) is 26.2 Å². The summed E-state index contributed by atoms with van der Waals surface area (Å²) in [6.07, 6.45) is 5.38. The summed E-state index contributed by atoms with van der Waals surface area (Å²) in [6, 6.07) is 14.8. The first kappa shape index (κ1) is 21.5. The molecule has 1 atom stereocenters. The zero-order valence-corrected chi connectivity index (χ0v) is 15.7. The van der Waals surface area contributed by atoms with Gasteiger partial charge in [-0.15, -0.1) is 11.6 Å². The van der Waals surface area contributed by atoms with Crippen molar-refractivity contribution in [3.05, 3.63) is 85.6 Å². The van der Waals surface area contributed by atoms with E-state index in [-0.39, 0.29) is 41.1 Å². The Morgan fingerprint density at radius 3 is 2.20 bits per heavy atom. The van der Waals surface area contributed by atoms with Crippen molar-refractivity contribution in [1.82, 2.24) is 0 Å². The number of hydrogen-bond donors (Lipinski definition) is 0. The molecule has 3 rings (SSSR count). The molecule has 1 unspecified atom stereocenters. The van der Waals surface area contributed by atoms with Crippen LogP contribution in [0.5, 0.6) is 0 Å². The van der Waals surface area contributed by atoms with Crippen LogP contribution in [0.4, 0.5) is 0 Å². The fraction of sp³-hybridized carbons (Fsp3) is 0.211. The van der Waals surface area contributed by atoms with Crippen LogP contribution in [0.25, 0.3) is 6.08 Å². The zero-order chi connectivity index (χ0) is 12.3. The number of aryl methyl sites for hydroxylation is 2. The molecule has 0 saturated carbocycles. The average molecular weight is 344 g/mol. The summed E-state index contributed by atoms with van der Waals surface area (Å²) < 4.78 is 0. The Morgan fingerprint density at radius 1 is 1.10 bits per heavy atom. The molecule has 2 aromatic carbocycles. The fourth-order valence-corrected chi connectivity index (χ4v) is 1.99. The summed E-state index contributed by atoms with van der Waals surface area (Å²) in [6.45, 7) is 6.38. The number of hydrogen-bond acceptors (Lipinski definition) is 0. The molecule has 0 aromatic heterocycles. The number of allylic oxidation sites excluding steroid dienone is 1. The van der Waals surface area contributed by atoms with Crippen LogP contribution < -0.4 is 0 Å². The van der Waals surface area contributed by atoms with Crippen LogP contribution in [0, 0.1) is 34.8 Å². The Bertz CT molecular complexity index is 507. The minimum absolute atomic E-state index is 0. The Morgan fingerprint density at radius 2 is 1.70 bits per heavy atom. The van der Waals surface area contributed by atoms with Crippen molar-refractivity contribution in [2.75, 3.05) is 0 Å². The van der Waals surface area contributed by atoms with Gasteiger partial charge in [-0.2, -0.15) is 23.3 Å². The van der Waals surface area contributed by atoms with E-state index in [2.05, 4.69) is 63.3 Å². The van der Waals surface area contributed by atoms with Gasteiger partial charge in [0.1, 0.15) is 0 Å². The van der Waals surface area contributed by atoms with E-state index in [1.54, 1.807) is 0 Å². The van der Waals surface area contributed by atoms with Gasteiger partial charge in [0.2, 0.25) is 0 Å². The van der Waals surface area contributed by atoms with E-state index in [0.717, 1.165) is 0 Å². The Kier molecular flexibility index (Phi) is 10.7. The summed E-state index contributed by atoms with van der Waals surface area (Å²) >= 11 is 0. The van der Waals surface area contributed by atoms with E-state index < -0.39 is 0 Å². The summed E-state index contributed by atoms with van der Waals surface area (Å²) in [5.74, 6) is 0.491. The second-order valence-corrected chi connectivity index (χ2v) is 4.63. The molecule has 0 saturated heterocycles. The molecular weight excluding hydrogens is 319 g/mol. The first-order valence-corrected chi connectivity index (χ1v) is 6.05. The molecule has 0 aliphatic heterocycles. The molecule has 0 radical (unpaired) electrons. The van der Waals surface area contributed by atoms with Gasteiger partial charge < -0.3 is 14.9 Å². The molecule has 0 heterocycles. The van der Waals surface area contributed by atoms with Gasteiger partial charge in [-0.1, -0.05) is 37.5 Å². The predicted molar refractivity (Wildman–Crippen MR) is 86.9 cm³/mol. The Labute approximate surface area is 144 Å². The van der Waals surface area contributed by atoms with Crippen molar-refractivity contribution in [3.63, 3.8) is 0 Å². The quantitative estimate of drug-likeness (QED) is 0.551. The summed E-state index contributed by atoms with van der Waals surface area (Å²) in [7, 11) is 0. The SMILES string of the molecule is C[c-]1cccc1.Cc1ccc2c(c1)C=[C-]C2C.[CH3-].[CH3-].[Zr+4]. The number of rotatable bonds is 0. The molecule has 0 bridgehead atoms. The molecule has 0 spiro atoms. The van der Waals surface area contributed by atoms with E-state index in [1.807, 2.05) is 12.1 Å². The van der Waals surface area contributed by atoms with E-state index in [0.29, 0.717) is 5.92 Å². The molecule has 0 amide bonds. The zero-order valence-electron chi connectivity index (χ0n) is 13.2. The van der Waals surface area contributed by atoms with Crippen LogP contribution in [0.1, 0.15) is 35.1 Å². The van der Waals surface area contributed by atoms with Crippen LogP contribution in [-0.4, -0.2) is 0 Å². The molecule has 0 N–H and O–H groups in total. The maximum Gasteiger partial charge on any atom is 4.00 e. The average Bonchev–Trinajstić information content (AvgIpc) is 2.90. The molecule has 1 aliphatic rings. The third kappa shape index (κ3) is 5.67. The Hall–Kier alpha value is -0.807. The number of benzene rings is 1. The van der Waals surface area contributed by atoms with E-state index >= 15 is 0 Å². The maximum absolute atomic E-state index is 3.29. The van der Waals surface area contributed by atoms with Crippen molar-refractivity contribution in [2.45, 2.75) is 26.7 Å². The molecule has 1 heteroatoms. The van der Waals surface area contributed by atoms with Crippen LogP contribution in [0.2, 0.25) is 0 Å². The van der Waals surface area contributed by atoms with E-state index in [1.165, 1.54) is 22.3 Å². The molecule has 1 aliphatic carbocycles. The Balaban J connectivity index is 0. The molecule has 2 aromatic rings. The molecule has 104 valence electrons. The van der Waals surface area contributed by atoms with Gasteiger partial charge in [0.05, 0.1) is 0 Å². The van der Waals surface area contributed by atoms with Crippen molar-refractivity contribution >= 4 is 6.08 Å². The fourth-order valence-electron chi connectivity index (χ4n) is 1.99. The topological polar surface area (TPSA) is 0 Å². The minimum atomic E-state index is 0. The van der Waals surface area contributed by atoms with Crippen LogP contribution >= 0.6 is 0 Å². The predicted octanol–water partition coefficient (Wildman–Crippen LogP) is 5.54. The first-order valence-electron chi connectivity index (χ1n) is 6.05. The molecule has 0 nitrogen and oxygen atoms in total. The summed E-state index contributed by atoms with van der Waals surface area (Å²) in [5, 5.41) is 0. The van der Waals surface area contributed by atoms with E-state index in [9.17, 15) is 0 Å². The van der Waals surface area contributed by atoms with Crippen molar-refractivity contribution in [2.24, 2.45) is 0 Å². The van der Waals surface area contributed by atoms with Crippen LogP contribution in [0.15, 0.2) is 42.5 Å². The third-order valence-electron chi connectivity index (χ3n) is 3.03. The molecule has 0 fully saturated rings. The van der Waals surface area contributed by atoms with E-state index in [4.69, 9.17) is 0 Å². The number of fused-ring (bicyclic) bond motifs is 1. The van der Waals surface area contributed by atoms with Gasteiger partial charge >= 0.3 is 26.2 Å². The minimum Gasteiger partial charge on any atom is -0.358 e. The maximum atomic E-state index is 3.29. The van der Waals surface area contributed by atoms with Gasteiger partial charge in [0, 0.05) is 0 Å². The second kappa shape index (κ2) is 10.00. The summed E-state index contributed by atoms with van der Waals surface area (Å²) in [4.78, 5) is 0. The van der Waals surface area contributed by atoms with Crippen molar-refractivity contribution < 1.29 is 26.2 Å². The van der Waals surface area contributed by atoms with Crippen LogP contribution in [0.3, 0.4) is 0 Å². The second-order valence-electron chi connectivity index (χ2n) is 4.63.